The van der Waals surface area contributed by atoms with Crippen LogP contribution in [-0.4, -0.2) is 45.4 Å². The van der Waals surface area contributed by atoms with Crippen LogP contribution in [0.2, 0.25) is 0 Å². The fourth-order valence-electron chi connectivity index (χ4n) is 3.62. The fraction of sp³-hybridized carbons (Fsp3) is 0.200. The summed E-state index contributed by atoms with van der Waals surface area (Å²) in [6, 6.07) is 21.6. The first kappa shape index (κ1) is 21.8. The summed E-state index contributed by atoms with van der Waals surface area (Å²) in [6.07, 6.45) is 3.70. The van der Waals surface area contributed by atoms with Crippen molar-refractivity contribution in [3.8, 4) is 0 Å². The third kappa shape index (κ3) is 5.23. The zero-order chi connectivity index (χ0) is 22.3. The van der Waals surface area contributed by atoms with Crippen molar-refractivity contribution in [1.29, 1.82) is 0 Å². The smallest absolute Gasteiger partial charge is 0.253 e. The fourth-order valence-corrected chi connectivity index (χ4v) is 4.77. The molecule has 1 aliphatic rings. The van der Waals surface area contributed by atoms with Crippen LogP contribution in [0.1, 0.15) is 22.3 Å². The van der Waals surface area contributed by atoms with E-state index in [1.165, 1.54) is 18.0 Å². The third-order valence-electron chi connectivity index (χ3n) is 5.24. The van der Waals surface area contributed by atoms with Gasteiger partial charge in [0.05, 0.1) is 5.56 Å². The van der Waals surface area contributed by atoms with Crippen LogP contribution in [0.15, 0.2) is 90.1 Å². The maximum atomic E-state index is 13.6. The van der Waals surface area contributed by atoms with E-state index in [9.17, 15) is 14.4 Å². The molecule has 2 atom stereocenters. The van der Waals surface area contributed by atoms with Crippen LogP contribution in [-0.2, 0) is 16.0 Å². The number of carbonyl (C=O) groups is 3. The topological polar surface area (TPSA) is 79.4 Å². The Hall–Kier alpha value is -3.45. The van der Waals surface area contributed by atoms with Crippen molar-refractivity contribution in [2.24, 2.45) is 0 Å². The van der Waals surface area contributed by atoms with Gasteiger partial charge in [-0.2, -0.15) is 0 Å². The number of thioether (sulfide) groups is 1. The van der Waals surface area contributed by atoms with Gasteiger partial charge < -0.3 is 10.2 Å². The molecule has 0 unspecified atom stereocenters. The molecule has 1 saturated heterocycles. The Morgan fingerprint density at radius 1 is 1.03 bits per heavy atom. The molecule has 0 saturated carbocycles. The summed E-state index contributed by atoms with van der Waals surface area (Å²) >= 11 is 1.37. The molecule has 3 aromatic rings. The van der Waals surface area contributed by atoms with Gasteiger partial charge in [-0.15, -0.1) is 0 Å². The van der Waals surface area contributed by atoms with Gasteiger partial charge in [0.15, 0.2) is 5.78 Å². The van der Waals surface area contributed by atoms with Crippen LogP contribution >= 0.6 is 11.8 Å². The molecule has 2 amide bonds. The Labute approximate surface area is 191 Å². The number of Topliss-reactive ketones (excluding diaryl/α,β-unsaturated/α-hetero) is 1. The molecule has 4 rings (SSSR count). The van der Waals surface area contributed by atoms with E-state index in [1.807, 2.05) is 60.7 Å². The van der Waals surface area contributed by atoms with Crippen molar-refractivity contribution in [2.75, 3.05) is 6.54 Å². The average molecular weight is 446 g/mol. The number of likely N-dealkylation sites (tertiary alicyclic amines) is 1. The first-order chi connectivity index (χ1) is 15.6. The number of amides is 2. The molecule has 1 aromatic heterocycles. The summed E-state index contributed by atoms with van der Waals surface area (Å²) in [5.41, 5.74) is 1.31. The van der Waals surface area contributed by atoms with Gasteiger partial charge in [-0.3, -0.25) is 19.4 Å². The first-order valence-electron chi connectivity index (χ1n) is 10.4. The van der Waals surface area contributed by atoms with Crippen LogP contribution in [0.4, 0.5) is 0 Å². The van der Waals surface area contributed by atoms with Crippen LogP contribution in [0.3, 0.4) is 0 Å². The number of nitrogens with zero attached hydrogens (tertiary/aromatic N) is 2. The maximum Gasteiger partial charge on any atom is 0.253 e. The molecule has 162 valence electrons. The zero-order valence-corrected chi connectivity index (χ0v) is 18.2. The Morgan fingerprint density at radius 3 is 2.44 bits per heavy atom. The van der Waals surface area contributed by atoms with Gasteiger partial charge in [-0.25, -0.2) is 0 Å². The molecule has 2 heterocycles. The predicted octanol–water partition coefficient (Wildman–Crippen LogP) is 3.34. The molecular formula is C25H23N3O3S. The van der Waals surface area contributed by atoms with Crippen molar-refractivity contribution in [3.63, 3.8) is 0 Å². The minimum absolute atomic E-state index is 0.0178. The van der Waals surface area contributed by atoms with Crippen molar-refractivity contribution in [1.82, 2.24) is 15.2 Å². The van der Waals surface area contributed by atoms with E-state index in [2.05, 4.69) is 10.3 Å². The molecule has 7 heteroatoms. The molecule has 1 N–H and O–H groups in total. The molecule has 6 nitrogen and oxygen atoms in total. The van der Waals surface area contributed by atoms with Gasteiger partial charge in [0, 0.05) is 36.7 Å². The number of carbonyl (C=O) groups excluding carboxylic acids is 3. The van der Waals surface area contributed by atoms with Crippen LogP contribution in [0, 0.1) is 0 Å². The Morgan fingerprint density at radius 2 is 1.75 bits per heavy atom. The molecule has 1 aliphatic heterocycles. The summed E-state index contributed by atoms with van der Waals surface area (Å²) < 4.78 is 0. The number of pyridine rings is 1. The number of benzene rings is 2. The van der Waals surface area contributed by atoms with E-state index in [0.717, 1.165) is 10.5 Å². The zero-order valence-electron chi connectivity index (χ0n) is 17.4. The van der Waals surface area contributed by atoms with Crippen molar-refractivity contribution < 1.29 is 14.4 Å². The average Bonchev–Trinajstić information content (AvgIpc) is 3.20. The number of hydrogen-bond acceptors (Lipinski definition) is 5. The standard InChI is InChI=1S/C25H23N3O3S/c29-22-13-15-28(25(22)32-20-11-5-2-6-12-20)24(31)21(16-18-8-3-1-4-9-18)27-23(30)19-10-7-14-26-17-19/h1-12,14,17,21,25H,13,15-16H2,(H,27,30)/t21-,25+/m0/s1. The molecule has 0 spiro atoms. The summed E-state index contributed by atoms with van der Waals surface area (Å²) in [5, 5.41) is 2.27. The highest BCUT2D eigenvalue weighted by molar-refractivity contribution is 8.00. The molecular weight excluding hydrogens is 422 g/mol. The molecule has 0 bridgehead atoms. The van der Waals surface area contributed by atoms with Crippen LogP contribution in [0.25, 0.3) is 0 Å². The van der Waals surface area contributed by atoms with Gasteiger partial charge in [-0.05, 0) is 29.8 Å². The minimum Gasteiger partial charge on any atom is -0.340 e. The summed E-state index contributed by atoms with van der Waals surface area (Å²) in [7, 11) is 0. The summed E-state index contributed by atoms with van der Waals surface area (Å²) in [6.45, 7) is 0.343. The van der Waals surface area contributed by atoms with E-state index >= 15 is 0 Å². The second-order valence-corrected chi connectivity index (χ2v) is 8.64. The first-order valence-corrected chi connectivity index (χ1v) is 11.3. The summed E-state index contributed by atoms with van der Waals surface area (Å²) in [5.74, 6) is -0.611. The van der Waals surface area contributed by atoms with E-state index in [0.29, 0.717) is 24.9 Å². The van der Waals surface area contributed by atoms with Crippen molar-refractivity contribution in [2.45, 2.75) is 29.2 Å². The van der Waals surface area contributed by atoms with Gasteiger partial charge in [0.1, 0.15) is 11.4 Å². The number of nitrogens with one attached hydrogen (secondary N) is 1. The lowest BCUT2D eigenvalue weighted by Crippen LogP contribution is -2.51. The van der Waals surface area contributed by atoms with E-state index in [4.69, 9.17) is 0 Å². The lowest BCUT2D eigenvalue weighted by atomic mass is 10.0. The van der Waals surface area contributed by atoms with Crippen LogP contribution in [0.5, 0.6) is 0 Å². The molecule has 2 aromatic carbocycles. The lowest BCUT2D eigenvalue weighted by molar-refractivity contribution is -0.134. The SMILES string of the molecule is O=C(N[C@@H](Cc1ccccc1)C(=O)N1CCC(=O)[C@H]1Sc1ccccc1)c1cccnc1. The highest BCUT2D eigenvalue weighted by Crippen LogP contribution is 2.31. The molecule has 0 aliphatic carbocycles. The second-order valence-electron chi connectivity index (χ2n) is 7.49. The summed E-state index contributed by atoms with van der Waals surface area (Å²) in [4.78, 5) is 45.5. The van der Waals surface area contributed by atoms with Gasteiger partial charge >= 0.3 is 0 Å². The Balaban J connectivity index is 1.56. The Bertz CT molecular complexity index is 1080. The van der Waals surface area contributed by atoms with Gasteiger partial charge in [0.25, 0.3) is 5.91 Å². The van der Waals surface area contributed by atoms with E-state index in [1.54, 1.807) is 23.2 Å². The van der Waals surface area contributed by atoms with Crippen LogP contribution < -0.4 is 5.32 Å². The lowest BCUT2D eigenvalue weighted by Gasteiger charge is -2.28. The molecule has 32 heavy (non-hydrogen) atoms. The largest absolute Gasteiger partial charge is 0.340 e. The van der Waals surface area contributed by atoms with Gasteiger partial charge in [-0.1, -0.05) is 60.3 Å². The van der Waals surface area contributed by atoms with Gasteiger partial charge in [0.2, 0.25) is 5.91 Å². The quantitative estimate of drug-likeness (QED) is 0.603. The number of aromatic nitrogens is 1. The molecule has 1 fully saturated rings. The highest BCUT2D eigenvalue weighted by atomic mass is 32.2. The monoisotopic (exact) mass is 445 g/mol. The minimum atomic E-state index is -0.796. The number of ketones is 1. The second kappa shape index (κ2) is 10.2. The van der Waals surface area contributed by atoms with Crippen molar-refractivity contribution >= 4 is 29.4 Å². The van der Waals surface area contributed by atoms with Crippen molar-refractivity contribution in [3.05, 3.63) is 96.3 Å². The predicted molar refractivity (Wildman–Crippen MR) is 123 cm³/mol. The molecule has 0 radical (unpaired) electrons. The maximum absolute atomic E-state index is 13.6. The number of hydrogen-bond donors (Lipinski definition) is 1. The highest BCUT2D eigenvalue weighted by Gasteiger charge is 2.39. The normalized spacial score (nSPS) is 16.6. The number of rotatable bonds is 7. The van der Waals surface area contributed by atoms with E-state index in [-0.39, 0.29) is 17.6 Å². The third-order valence-corrected chi connectivity index (χ3v) is 6.53. The van der Waals surface area contributed by atoms with E-state index < -0.39 is 11.4 Å². The Kier molecular flexibility index (Phi) is 6.97.